The van der Waals surface area contributed by atoms with Gasteiger partial charge in [0, 0.05) is 6.54 Å². The monoisotopic (exact) mass is 256 g/mol. The van der Waals surface area contributed by atoms with Crippen LogP contribution in [0.5, 0.6) is 0 Å². The SMILES string of the molecule is CCC1NC(=O)C(C)(C)N(CCOC(C)C)C1=O. The minimum atomic E-state index is -0.802. The van der Waals surface area contributed by atoms with Crippen molar-refractivity contribution in [2.45, 2.75) is 58.7 Å². The van der Waals surface area contributed by atoms with Crippen LogP contribution in [0.4, 0.5) is 0 Å². The van der Waals surface area contributed by atoms with Crippen LogP contribution in [-0.2, 0) is 14.3 Å². The van der Waals surface area contributed by atoms with Crippen molar-refractivity contribution in [3.8, 4) is 0 Å². The van der Waals surface area contributed by atoms with E-state index < -0.39 is 11.6 Å². The highest BCUT2D eigenvalue weighted by molar-refractivity contribution is 5.99. The van der Waals surface area contributed by atoms with E-state index in [0.29, 0.717) is 19.6 Å². The molecule has 5 heteroatoms. The van der Waals surface area contributed by atoms with Gasteiger partial charge in [-0.2, -0.15) is 0 Å². The van der Waals surface area contributed by atoms with E-state index in [1.165, 1.54) is 0 Å². The number of hydrogen-bond acceptors (Lipinski definition) is 3. The van der Waals surface area contributed by atoms with Gasteiger partial charge in [-0.15, -0.1) is 0 Å². The summed E-state index contributed by atoms with van der Waals surface area (Å²) in [5.74, 6) is -0.118. The highest BCUT2D eigenvalue weighted by Crippen LogP contribution is 2.21. The Hall–Kier alpha value is -1.10. The second-order valence-corrected chi connectivity index (χ2v) is 5.40. The topological polar surface area (TPSA) is 58.6 Å². The zero-order valence-electron chi connectivity index (χ0n) is 11.9. The molecule has 0 aromatic carbocycles. The number of piperazine rings is 1. The molecule has 0 aromatic rings. The number of carbonyl (C=O) groups excluding carboxylic acids is 2. The van der Waals surface area contributed by atoms with Crippen molar-refractivity contribution in [2.24, 2.45) is 0 Å². The van der Waals surface area contributed by atoms with E-state index in [0.717, 1.165) is 0 Å². The molecule has 1 N–H and O–H groups in total. The first-order valence-electron chi connectivity index (χ1n) is 6.54. The molecule has 1 aliphatic heterocycles. The maximum Gasteiger partial charge on any atom is 0.246 e. The second-order valence-electron chi connectivity index (χ2n) is 5.40. The first-order chi connectivity index (χ1) is 8.30. The van der Waals surface area contributed by atoms with Gasteiger partial charge in [-0.25, -0.2) is 0 Å². The largest absolute Gasteiger partial charge is 0.377 e. The van der Waals surface area contributed by atoms with Gasteiger partial charge < -0.3 is 15.0 Å². The fraction of sp³-hybridized carbons (Fsp3) is 0.846. The summed E-state index contributed by atoms with van der Waals surface area (Å²) in [5.41, 5.74) is -0.802. The molecule has 1 rings (SSSR count). The van der Waals surface area contributed by atoms with Crippen LogP contribution in [0.15, 0.2) is 0 Å². The number of nitrogens with one attached hydrogen (secondary N) is 1. The van der Waals surface area contributed by atoms with Crippen molar-refractivity contribution in [2.75, 3.05) is 13.2 Å². The van der Waals surface area contributed by atoms with E-state index in [2.05, 4.69) is 5.32 Å². The van der Waals surface area contributed by atoms with E-state index in [9.17, 15) is 9.59 Å². The molecule has 0 spiro atoms. The lowest BCUT2D eigenvalue weighted by atomic mass is 9.95. The molecule has 1 atom stereocenters. The van der Waals surface area contributed by atoms with Gasteiger partial charge in [0.05, 0.1) is 12.7 Å². The lowest BCUT2D eigenvalue weighted by molar-refractivity contribution is -0.156. The fourth-order valence-electron chi connectivity index (χ4n) is 2.03. The Kier molecular flexibility index (Phi) is 4.73. The van der Waals surface area contributed by atoms with Gasteiger partial charge >= 0.3 is 0 Å². The van der Waals surface area contributed by atoms with Crippen molar-refractivity contribution >= 4 is 11.8 Å². The van der Waals surface area contributed by atoms with Gasteiger partial charge in [-0.3, -0.25) is 9.59 Å². The summed E-state index contributed by atoms with van der Waals surface area (Å²) in [5, 5.41) is 2.76. The van der Waals surface area contributed by atoms with Crippen molar-refractivity contribution in [3.05, 3.63) is 0 Å². The van der Waals surface area contributed by atoms with Crippen LogP contribution < -0.4 is 5.32 Å². The van der Waals surface area contributed by atoms with Crippen LogP contribution in [0.2, 0.25) is 0 Å². The van der Waals surface area contributed by atoms with Crippen LogP contribution in [0, 0.1) is 0 Å². The first kappa shape index (κ1) is 15.0. The van der Waals surface area contributed by atoms with E-state index in [4.69, 9.17) is 4.74 Å². The maximum absolute atomic E-state index is 12.2. The lowest BCUT2D eigenvalue weighted by Gasteiger charge is -2.44. The summed E-state index contributed by atoms with van der Waals surface area (Å²) in [4.78, 5) is 25.9. The molecule has 0 aromatic heterocycles. The molecule has 1 fully saturated rings. The third-order valence-electron chi connectivity index (χ3n) is 3.27. The molecule has 1 unspecified atom stereocenters. The highest BCUT2D eigenvalue weighted by Gasteiger charge is 2.45. The number of carbonyl (C=O) groups is 2. The number of ether oxygens (including phenoxy) is 1. The molecule has 2 amide bonds. The molecule has 104 valence electrons. The predicted molar refractivity (Wildman–Crippen MR) is 69.1 cm³/mol. The summed E-state index contributed by atoms with van der Waals surface area (Å²) < 4.78 is 5.46. The van der Waals surface area contributed by atoms with E-state index in [1.807, 2.05) is 20.8 Å². The Labute approximate surface area is 109 Å². The average molecular weight is 256 g/mol. The van der Waals surface area contributed by atoms with E-state index >= 15 is 0 Å². The standard InChI is InChI=1S/C13H24N2O3/c1-6-10-11(16)15(7-8-18-9(2)3)13(4,5)12(17)14-10/h9-10H,6-8H2,1-5H3,(H,14,17). The van der Waals surface area contributed by atoms with E-state index in [-0.39, 0.29) is 17.9 Å². The van der Waals surface area contributed by atoms with Crippen LogP contribution in [0.3, 0.4) is 0 Å². The van der Waals surface area contributed by atoms with Gasteiger partial charge in [0.1, 0.15) is 11.6 Å². The molecule has 0 bridgehead atoms. The molecule has 1 saturated heterocycles. The molecule has 0 radical (unpaired) electrons. The maximum atomic E-state index is 12.2. The highest BCUT2D eigenvalue weighted by atomic mass is 16.5. The minimum absolute atomic E-state index is 0.0190. The Morgan fingerprint density at radius 3 is 2.50 bits per heavy atom. The van der Waals surface area contributed by atoms with Gasteiger partial charge in [-0.1, -0.05) is 6.92 Å². The van der Waals surface area contributed by atoms with Crippen molar-refractivity contribution in [3.63, 3.8) is 0 Å². The van der Waals surface area contributed by atoms with Gasteiger partial charge in [0.25, 0.3) is 0 Å². The molecular weight excluding hydrogens is 232 g/mol. The van der Waals surface area contributed by atoms with Gasteiger partial charge in [0.2, 0.25) is 11.8 Å². The van der Waals surface area contributed by atoms with Gasteiger partial charge in [0.15, 0.2) is 0 Å². The first-order valence-corrected chi connectivity index (χ1v) is 6.54. The van der Waals surface area contributed by atoms with Crippen molar-refractivity contribution < 1.29 is 14.3 Å². The number of amides is 2. The third kappa shape index (κ3) is 3.02. The summed E-state index contributed by atoms with van der Waals surface area (Å²) in [7, 11) is 0. The molecule has 1 heterocycles. The van der Waals surface area contributed by atoms with Gasteiger partial charge in [-0.05, 0) is 34.1 Å². The third-order valence-corrected chi connectivity index (χ3v) is 3.27. The second kappa shape index (κ2) is 5.69. The van der Waals surface area contributed by atoms with Crippen LogP contribution in [0.1, 0.15) is 41.0 Å². The normalized spacial score (nSPS) is 23.4. The smallest absolute Gasteiger partial charge is 0.246 e. The zero-order valence-corrected chi connectivity index (χ0v) is 11.9. The number of nitrogens with zero attached hydrogens (tertiary/aromatic N) is 1. The Morgan fingerprint density at radius 2 is 2.00 bits per heavy atom. The van der Waals surface area contributed by atoms with Crippen LogP contribution >= 0.6 is 0 Å². The van der Waals surface area contributed by atoms with E-state index in [1.54, 1.807) is 18.7 Å². The molecule has 18 heavy (non-hydrogen) atoms. The summed E-state index contributed by atoms with van der Waals surface area (Å²) in [6.45, 7) is 10.2. The molecule has 0 saturated carbocycles. The van der Waals surface area contributed by atoms with Crippen LogP contribution in [-0.4, -0.2) is 47.6 Å². The summed E-state index contributed by atoms with van der Waals surface area (Å²) in [6.07, 6.45) is 0.742. The average Bonchev–Trinajstić information content (AvgIpc) is 2.28. The molecule has 0 aliphatic carbocycles. The summed E-state index contributed by atoms with van der Waals surface area (Å²) >= 11 is 0. The fourth-order valence-corrected chi connectivity index (χ4v) is 2.03. The minimum Gasteiger partial charge on any atom is -0.377 e. The molecular formula is C13H24N2O3. The quantitative estimate of drug-likeness (QED) is 0.796. The predicted octanol–water partition coefficient (Wildman–Crippen LogP) is 0.927. The van der Waals surface area contributed by atoms with Crippen molar-refractivity contribution in [1.82, 2.24) is 10.2 Å². The van der Waals surface area contributed by atoms with Crippen LogP contribution in [0.25, 0.3) is 0 Å². The Balaban J connectivity index is 2.75. The number of rotatable bonds is 5. The Morgan fingerprint density at radius 1 is 1.39 bits per heavy atom. The zero-order chi connectivity index (χ0) is 13.9. The molecule has 1 aliphatic rings. The number of hydrogen-bond donors (Lipinski definition) is 1. The lowest BCUT2D eigenvalue weighted by Crippen LogP contribution is -2.68. The summed E-state index contributed by atoms with van der Waals surface area (Å²) in [6, 6.07) is -0.399. The van der Waals surface area contributed by atoms with Crippen molar-refractivity contribution in [1.29, 1.82) is 0 Å². The Bertz CT molecular complexity index is 326. The molecule has 5 nitrogen and oxygen atoms in total.